The fourth-order valence-electron chi connectivity index (χ4n) is 1.57. The van der Waals surface area contributed by atoms with Crippen LogP contribution in [0.1, 0.15) is 0 Å². The van der Waals surface area contributed by atoms with Crippen LogP contribution in [0.15, 0.2) is 42.5 Å². The normalized spacial score (nSPS) is 10.2. The zero-order valence-corrected chi connectivity index (χ0v) is 10.9. The lowest BCUT2D eigenvalue weighted by Gasteiger charge is -2.09. The van der Waals surface area contributed by atoms with E-state index < -0.39 is 0 Å². The first kappa shape index (κ1) is 11.4. The molecule has 16 heavy (non-hydrogen) atoms. The second kappa shape index (κ2) is 4.82. The van der Waals surface area contributed by atoms with E-state index in [0.717, 1.165) is 9.13 Å². The van der Waals surface area contributed by atoms with Crippen molar-refractivity contribution in [2.24, 2.45) is 0 Å². The van der Waals surface area contributed by atoms with Gasteiger partial charge < -0.3 is 4.74 Å². The molecule has 0 fully saturated rings. The summed E-state index contributed by atoms with van der Waals surface area (Å²) in [6.45, 7) is 0. The Labute approximate surface area is 107 Å². The van der Waals surface area contributed by atoms with Crippen molar-refractivity contribution in [3.05, 3.63) is 51.9 Å². The Hall–Kier alpha value is -1.10. The van der Waals surface area contributed by atoms with Gasteiger partial charge in [0.05, 0.1) is 7.11 Å². The Balaban J connectivity index is 2.62. The molecule has 0 bridgehead atoms. The van der Waals surface area contributed by atoms with Gasteiger partial charge in [0.15, 0.2) is 0 Å². The lowest BCUT2D eigenvalue weighted by atomic mass is 10.0. The van der Waals surface area contributed by atoms with E-state index in [1.165, 1.54) is 6.07 Å². The standard InChI is InChI=1S/C13H10FIO/c1-16-13-5-3-2-4-10(13)11-8-9(15)6-7-12(11)14/h2-8H,1H3. The molecule has 0 aromatic heterocycles. The summed E-state index contributed by atoms with van der Waals surface area (Å²) in [5.41, 5.74) is 1.35. The molecule has 2 aromatic carbocycles. The van der Waals surface area contributed by atoms with Gasteiger partial charge in [0.1, 0.15) is 11.6 Å². The number of benzene rings is 2. The van der Waals surface area contributed by atoms with E-state index in [1.54, 1.807) is 13.2 Å². The highest BCUT2D eigenvalue weighted by Gasteiger charge is 2.09. The second-order valence-electron chi connectivity index (χ2n) is 3.32. The molecule has 3 heteroatoms. The molecule has 0 spiro atoms. The first-order chi connectivity index (χ1) is 7.72. The Morgan fingerprint density at radius 1 is 1.06 bits per heavy atom. The fraction of sp³-hybridized carbons (Fsp3) is 0.0769. The molecule has 0 N–H and O–H groups in total. The number of ether oxygens (including phenoxy) is 1. The predicted molar refractivity (Wildman–Crippen MR) is 71.1 cm³/mol. The van der Waals surface area contributed by atoms with Crippen LogP contribution >= 0.6 is 22.6 Å². The minimum atomic E-state index is -0.232. The molecule has 0 saturated carbocycles. The molecule has 1 nitrogen and oxygen atoms in total. The summed E-state index contributed by atoms with van der Waals surface area (Å²) in [4.78, 5) is 0. The van der Waals surface area contributed by atoms with Gasteiger partial charge in [-0.25, -0.2) is 4.39 Å². The largest absolute Gasteiger partial charge is 0.496 e. The van der Waals surface area contributed by atoms with Gasteiger partial charge in [0.2, 0.25) is 0 Å². The van der Waals surface area contributed by atoms with Gasteiger partial charge in [0, 0.05) is 14.7 Å². The first-order valence-electron chi connectivity index (χ1n) is 4.81. The molecule has 0 aliphatic rings. The van der Waals surface area contributed by atoms with Crippen molar-refractivity contribution >= 4 is 22.6 Å². The number of hydrogen-bond donors (Lipinski definition) is 0. The van der Waals surface area contributed by atoms with Gasteiger partial charge in [-0.3, -0.25) is 0 Å². The van der Waals surface area contributed by atoms with Crippen LogP contribution < -0.4 is 4.74 Å². The van der Waals surface area contributed by atoms with Gasteiger partial charge in [-0.15, -0.1) is 0 Å². The lowest BCUT2D eigenvalue weighted by Crippen LogP contribution is -1.90. The summed E-state index contributed by atoms with van der Waals surface area (Å²) in [5, 5.41) is 0. The maximum absolute atomic E-state index is 13.7. The van der Waals surface area contributed by atoms with Crippen LogP contribution in [-0.4, -0.2) is 7.11 Å². The highest BCUT2D eigenvalue weighted by atomic mass is 127. The van der Waals surface area contributed by atoms with E-state index in [4.69, 9.17) is 4.74 Å². The average molecular weight is 328 g/mol. The zero-order valence-electron chi connectivity index (χ0n) is 8.71. The molecule has 0 unspecified atom stereocenters. The number of methoxy groups -OCH3 is 1. The van der Waals surface area contributed by atoms with Crippen LogP contribution in [0, 0.1) is 9.39 Å². The van der Waals surface area contributed by atoms with Crippen LogP contribution in [0.5, 0.6) is 5.75 Å². The molecule has 0 radical (unpaired) electrons. The quantitative estimate of drug-likeness (QED) is 0.754. The van der Waals surface area contributed by atoms with Crippen molar-refractivity contribution in [1.29, 1.82) is 0 Å². The summed E-state index contributed by atoms with van der Waals surface area (Å²) in [6.07, 6.45) is 0. The van der Waals surface area contributed by atoms with E-state index in [0.29, 0.717) is 11.3 Å². The topological polar surface area (TPSA) is 9.23 Å². The van der Waals surface area contributed by atoms with Gasteiger partial charge in [0.25, 0.3) is 0 Å². The highest BCUT2D eigenvalue weighted by molar-refractivity contribution is 14.1. The molecule has 0 heterocycles. The van der Waals surface area contributed by atoms with Crippen LogP contribution in [0.3, 0.4) is 0 Å². The molecule has 0 atom stereocenters. The highest BCUT2D eigenvalue weighted by Crippen LogP contribution is 2.32. The van der Waals surface area contributed by atoms with Crippen LogP contribution in [0.4, 0.5) is 4.39 Å². The summed E-state index contributed by atoms with van der Waals surface area (Å²) in [7, 11) is 1.59. The summed E-state index contributed by atoms with van der Waals surface area (Å²) >= 11 is 2.17. The number of para-hydroxylation sites is 1. The van der Waals surface area contributed by atoms with Crippen LogP contribution in [0.25, 0.3) is 11.1 Å². The second-order valence-corrected chi connectivity index (χ2v) is 4.57. The average Bonchev–Trinajstić information content (AvgIpc) is 2.32. The minimum Gasteiger partial charge on any atom is -0.496 e. The van der Waals surface area contributed by atoms with E-state index in [1.807, 2.05) is 30.3 Å². The molecular formula is C13H10FIO. The number of rotatable bonds is 2. The third-order valence-electron chi connectivity index (χ3n) is 2.33. The van der Waals surface area contributed by atoms with Crippen molar-refractivity contribution < 1.29 is 9.13 Å². The molecule has 0 aliphatic heterocycles. The summed E-state index contributed by atoms with van der Waals surface area (Å²) in [5.74, 6) is 0.452. The van der Waals surface area contributed by atoms with E-state index in [-0.39, 0.29) is 5.82 Å². The SMILES string of the molecule is COc1ccccc1-c1cc(I)ccc1F. The van der Waals surface area contributed by atoms with Gasteiger partial charge in [-0.1, -0.05) is 18.2 Å². The summed E-state index contributed by atoms with van der Waals surface area (Å²) in [6, 6.07) is 12.5. The van der Waals surface area contributed by atoms with Crippen molar-refractivity contribution in [3.8, 4) is 16.9 Å². The molecular weight excluding hydrogens is 318 g/mol. The predicted octanol–water partition coefficient (Wildman–Crippen LogP) is 4.11. The third kappa shape index (κ3) is 2.19. The first-order valence-corrected chi connectivity index (χ1v) is 5.88. The van der Waals surface area contributed by atoms with Crippen molar-refractivity contribution in [1.82, 2.24) is 0 Å². The lowest BCUT2D eigenvalue weighted by molar-refractivity contribution is 0.416. The van der Waals surface area contributed by atoms with Gasteiger partial charge in [-0.2, -0.15) is 0 Å². The number of hydrogen-bond acceptors (Lipinski definition) is 1. The van der Waals surface area contributed by atoms with Crippen LogP contribution in [0.2, 0.25) is 0 Å². The zero-order chi connectivity index (χ0) is 11.5. The Bertz CT molecular complexity index is 511. The summed E-state index contributed by atoms with van der Waals surface area (Å²) < 4.78 is 19.9. The molecule has 82 valence electrons. The van der Waals surface area contributed by atoms with E-state index in [2.05, 4.69) is 22.6 Å². The van der Waals surface area contributed by atoms with Crippen molar-refractivity contribution in [2.45, 2.75) is 0 Å². The fourth-order valence-corrected chi connectivity index (χ4v) is 2.06. The molecule has 2 aromatic rings. The van der Waals surface area contributed by atoms with Crippen molar-refractivity contribution in [3.63, 3.8) is 0 Å². The number of halogens is 2. The molecule has 0 aliphatic carbocycles. The van der Waals surface area contributed by atoms with E-state index >= 15 is 0 Å². The van der Waals surface area contributed by atoms with E-state index in [9.17, 15) is 4.39 Å². The third-order valence-corrected chi connectivity index (χ3v) is 3.00. The van der Waals surface area contributed by atoms with Crippen molar-refractivity contribution in [2.75, 3.05) is 7.11 Å². The van der Waals surface area contributed by atoms with Gasteiger partial charge >= 0.3 is 0 Å². The smallest absolute Gasteiger partial charge is 0.131 e. The van der Waals surface area contributed by atoms with Crippen LogP contribution in [-0.2, 0) is 0 Å². The Morgan fingerprint density at radius 3 is 2.56 bits per heavy atom. The molecule has 2 rings (SSSR count). The minimum absolute atomic E-state index is 0.232. The Kier molecular flexibility index (Phi) is 3.43. The molecule has 0 amide bonds. The van der Waals surface area contributed by atoms with Gasteiger partial charge in [-0.05, 0) is 46.9 Å². The maximum Gasteiger partial charge on any atom is 0.131 e. The Morgan fingerprint density at radius 2 is 1.81 bits per heavy atom. The monoisotopic (exact) mass is 328 g/mol. The maximum atomic E-state index is 13.7. The molecule has 0 saturated heterocycles.